The zero-order valence-electron chi connectivity index (χ0n) is 39.9. The van der Waals surface area contributed by atoms with Crippen LogP contribution in [-0.4, -0.2) is 0 Å². The molecule has 6 aromatic carbocycles. The number of anilines is 5. The second-order valence-electron chi connectivity index (χ2n) is 19.1. The molecule has 0 unspecified atom stereocenters. The van der Waals surface area contributed by atoms with Gasteiger partial charge in [-0.2, -0.15) is 0 Å². The van der Waals surface area contributed by atoms with Gasteiger partial charge in [-0.1, -0.05) is 167 Å². The third kappa shape index (κ3) is 7.85. The van der Waals surface area contributed by atoms with Crippen LogP contribution < -0.4 is 9.80 Å². The zero-order chi connectivity index (χ0) is 45.7. The van der Waals surface area contributed by atoms with Gasteiger partial charge in [-0.15, -0.1) is 0 Å². The highest BCUT2D eigenvalue weighted by Crippen LogP contribution is 2.53. The molecule has 2 nitrogen and oxygen atoms in total. The number of benzene rings is 6. The number of hydrogen-bond donors (Lipinski definition) is 0. The van der Waals surface area contributed by atoms with Crippen molar-refractivity contribution in [3.8, 4) is 22.3 Å². The lowest BCUT2D eigenvalue weighted by Gasteiger charge is -2.32. The van der Waals surface area contributed by atoms with Crippen molar-refractivity contribution in [3.63, 3.8) is 0 Å². The summed E-state index contributed by atoms with van der Waals surface area (Å²) in [6.07, 6.45) is 13.7. The summed E-state index contributed by atoms with van der Waals surface area (Å²) in [4.78, 5) is 4.86. The monoisotopic (exact) mass is 837 g/mol. The number of fused-ring (bicyclic) bond motifs is 3. The summed E-state index contributed by atoms with van der Waals surface area (Å²) in [5.41, 5.74) is 25.6. The van der Waals surface area contributed by atoms with Gasteiger partial charge >= 0.3 is 0 Å². The molecule has 6 aromatic rings. The van der Waals surface area contributed by atoms with Crippen LogP contribution in [0.4, 0.5) is 28.4 Å². The lowest BCUT2D eigenvalue weighted by molar-refractivity contribution is 0.574. The van der Waals surface area contributed by atoms with E-state index in [1.165, 1.54) is 83.7 Å². The minimum atomic E-state index is -0.166. The first-order chi connectivity index (χ1) is 30.5. The molecule has 0 aliphatic heterocycles. The fourth-order valence-corrected chi connectivity index (χ4v) is 10.8. The SMILES string of the molecule is C=C/C=C\C=C1/CC(=C/C)/C(=C\C(=C)N(c2cccc(-c3cccc(N(c4ccc5c(c4)C(C)(C)c4ccccc4-5)c4c(C)cc(C)cc4C)c3)c2)c2c(C)cc(C)cc2C)C1(C)C. The fourth-order valence-electron chi connectivity index (χ4n) is 10.8. The van der Waals surface area contributed by atoms with E-state index in [0.29, 0.717) is 0 Å². The predicted molar refractivity (Wildman–Crippen MR) is 278 cm³/mol. The summed E-state index contributed by atoms with van der Waals surface area (Å²) in [7, 11) is 0. The number of hydrogen-bond acceptors (Lipinski definition) is 2. The number of rotatable bonds is 10. The Bertz CT molecular complexity index is 2930. The normalized spacial score (nSPS) is 16.7. The van der Waals surface area contributed by atoms with Crippen LogP contribution in [0.5, 0.6) is 0 Å². The quantitative estimate of drug-likeness (QED) is 0.127. The molecular weight excluding hydrogens is 773 g/mol. The molecule has 1 saturated carbocycles. The Morgan fingerprint density at radius 3 is 1.77 bits per heavy atom. The average Bonchev–Trinajstić information content (AvgIpc) is 3.63. The topological polar surface area (TPSA) is 6.48 Å². The van der Waals surface area contributed by atoms with Gasteiger partial charge in [0.1, 0.15) is 0 Å². The maximum atomic E-state index is 4.86. The van der Waals surface area contributed by atoms with Crippen molar-refractivity contribution in [2.75, 3.05) is 9.80 Å². The van der Waals surface area contributed by atoms with Crippen molar-refractivity contribution in [2.24, 2.45) is 5.41 Å². The molecule has 1 fully saturated rings. The third-order valence-electron chi connectivity index (χ3n) is 13.8. The van der Waals surface area contributed by atoms with Gasteiger partial charge < -0.3 is 9.80 Å². The van der Waals surface area contributed by atoms with Gasteiger partial charge in [0.05, 0.1) is 11.4 Å². The first-order valence-corrected chi connectivity index (χ1v) is 22.8. The maximum Gasteiger partial charge on any atom is 0.0520 e. The van der Waals surface area contributed by atoms with Crippen LogP contribution in [0.3, 0.4) is 0 Å². The van der Waals surface area contributed by atoms with Crippen LogP contribution in [0.1, 0.15) is 85.5 Å². The zero-order valence-corrected chi connectivity index (χ0v) is 39.9. The lowest BCUT2D eigenvalue weighted by atomic mass is 9.82. The highest BCUT2D eigenvalue weighted by Gasteiger charge is 2.38. The standard InChI is InChI=1S/C62H64N2/c1-14-16-17-24-50-36-47(15-2)57(61(50,10)11)35-46(9)63(59-42(5)31-40(3)32-43(59)6)51-25-20-22-48(37-51)49-23-21-26-52(38-49)64(60-44(7)33-41(4)34-45(60)8)53-29-30-55-54-27-18-19-28-56(54)62(12,13)58(55)39-53/h14-35,37-39H,1,9,36H2,2-8,10-13H3/b17-16-,47-15-,50-24+,57-35+. The molecule has 2 heteroatoms. The van der Waals surface area contributed by atoms with Crippen LogP contribution in [0.15, 0.2) is 187 Å². The molecule has 0 bridgehead atoms. The Balaban J connectivity index is 1.26. The first kappa shape index (κ1) is 44.0. The Morgan fingerprint density at radius 2 is 1.14 bits per heavy atom. The molecule has 0 amide bonds. The molecule has 0 N–H and O–H groups in total. The summed E-state index contributed by atoms with van der Waals surface area (Å²) >= 11 is 0. The van der Waals surface area contributed by atoms with Crippen LogP contribution in [0.25, 0.3) is 22.3 Å². The van der Waals surface area contributed by atoms with E-state index in [4.69, 9.17) is 6.58 Å². The number of allylic oxidation sites excluding steroid dienone is 9. The van der Waals surface area contributed by atoms with E-state index in [1.54, 1.807) is 0 Å². The van der Waals surface area contributed by atoms with E-state index in [1.807, 2.05) is 12.2 Å². The van der Waals surface area contributed by atoms with Gasteiger partial charge in [-0.05, 0) is 164 Å². The summed E-state index contributed by atoms with van der Waals surface area (Å²) < 4.78 is 0. The Labute approximate surface area is 384 Å². The highest BCUT2D eigenvalue weighted by atomic mass is 15.2. The molecule has 64 heavy (non-hydrogen) atoms. The van der Waals surface area contributed by atoms with E-state index in [-0.39, 0.29) is 10.8 Å². The Hall–Kier alpha value is -6.64. The summed E-state index contributed by atoms with van der Waals surface area (Å²) in [5.74, 6) is 0. The van der Waals surface area contributed by atoms with Gasteiger partial charge in [-0.3, -0.25) is 0 Å². The summed E-state index contributed by atoms with van der Waals surface area (Å²) in [6.45, 7) is 33.6. The van der Waals surface area contributed by atoms with E-state index in [0.717, 1.165) is 40.3 Å². The highest BCUT2D eigenvalue weighted by molar-refractivity contribution is 5.88. The molecule has 0 heterocycles. The second kappa shape index (κ2) is 17.1. The number of nitrogens with zero attached hydrogens (tertiary/aromatic N) is 2. The van der Waals surface area contributed by atoms with E-state index in [9.17, 15) is 0 Å². The molecular formula is C62H64N2. The van der Waals surface area contributed by atoms with E-state index >= 15 is 0 Å². The van der Waals surface area contributed by atoms with Gasteiger partial charge in [0.15, 0.2) is 0 Å². The molecule has 2 aliphatic rings. The van der Waals surface area contributed by atoms with Crippen LogP contribution in [0, 0.1) is 47.0 Å². The molecule has 0 aromatic heterocycles. The van der Waals surface area contributed by atoms with Crippen molar-refractivity contribution < 1.29 is 0 Å². The van der Waals surface area contributed by atoms with Crippen molar-refractivity contribution in [1.29, 1.82) is 0 Å². The first-order valence-electron chi connectivity index (χ1n) is 22.8. The number of aryl methyl sites for hydroxylation is 6. The third-order valence-corrected chi connectivity index (χ3v) is 13.8. The van der Waals surface area contributed by atoms with Gasteiger partial charge in [-0.25, -0.2) is 0 Å². The summed E-state index contributed by atoms with van der Waals surface area (Å²) in [6, 6.07) is 43.3. The second-order valence-corrected chi connectivity index (χ2v) is 19.1. The smallest absolute Gasteiger partial charge is 0.0520 e. The maximum absolute atomic E-state index is 4.86. The van der Waals surface area contributed by atoms with Gasteiger partial charge in [0.25, 0.3) is 0 Å². The van der Waals surface area contributed by atoms with Gasteiger partial charge in [0, 0.05) is 33.6 Å². The molecule has 0 spiro atoms. The molecule has 0 radical (unpaired) electrons. The van der Waals surface area contributed by atoms with E-state index < -0.39 is 0 Å². The molecule has 322 valence electrons. The van der Waals surface area contributed by atoms with E-state index in [2.05, 4.69) is 232 Å². The van der Waals surface area contributed by atoms with Crippen molar-refractivity contribution >= 4 is 28.4 Å². The Morgan fingerprint density at radius 1 is 0.578 bits per heavy atom. The minimum absolute atomic E-state index is 0.114. The van der Waals surface area contributed by atoms with Crippen molar-refractivity contribution in [3.05, 3.63) is 232 Å². The predicted octanol–water partition coefficient (Wildman–Crippen LogP) is 17.6. The lowest BCUT2D eigenvalue weighted by Crippen LogP contribution is -2.19. The molecule has 0 saturated heterocycles. The van der Waals surface area contributed by atoms with Crippen molar-refractivity contribution in [1.82, 2.24) is 0 Å². The molecule has 0 atom stereocenters. The largest absolute Gasteiger partial charge is 0.311 e. The van der Waals surface area contributed by atoms with Crippen LogP contribution in [-0.2, 0) is 5.41 Å². The van der Waals surface area contributed by atoms with Crippen molar-refractivity contribution in [2.45, 2.75) is 88.0 Å². The molecule has 2 aliphatic carbocycles. The fraction of sp³-hybridized carbons (Fsp3) is 0.226. The average molecular weight is 837 g/mol. The van der Waals surface area contributed by atoms with Crippen LogP contribution >= 0.6 is 0 Å². The molecule has 8 rings (SSSR count). The minimum Gasteiger partial charge on any atom is -0.311 e. The van der Waals surface area contributed by atoms with Crippen LogP contribution in [0.2, 0.25) is 0 Å². The Kier molecular flexibility index (Phi) is 11.8. The van der Waals surface area contributed by atoms with Gasteiger partial charge in [0.2, 0.25) is 0 Å². The summed E-state index contributed by atoms with van der Waals surface area (Å²) in [5, 5.41) is 0.